The van der Waals surface area contributed by atoms with E-state index in [1.54, 1.807) is 0 Å². The van der Waals surface area contributed by atoms with Crippen LogP contribution in [0.2, 0.25) is 0 Å². The molecule has 6 heterocycles. The summed E-state index contributed by atoms with van der Waals surface area (Å²) in [5, 5.41) is 9.21. The molecule has 0 amide bonds. The van der Waals surface area contributed by atoms with Crippen molar-refractivity contribution < 1.29 is 0 Å². The molecule has 6 heteroatoms. The van der Waals surface area contributed by atoms with Gasteiger partial charge in [-0.2, -0.15) is 0 Å². The van der Waals surface area contributed by atoms with Crippen LogP contribution in [-0.4, -0.2) is 23.3 Å². The minimum atomic E-state index is -0.0984. The van der Waals surface area contributed by atoms with Gasteiger partial charge < -0.3 is 14.5 Å². The van der Waals surface area contributed by atoms with Crippen molar-refractivity contribution in [2.45, 2.75) is 82.3 Å². The minimum Gasteiger partial charge on any atom is -0.359 e. The zero-order valence-corrected chi connectivity index (χ0v) is 31.7. The van der Waals surface area contributed by atoms with Crippen molar-refractivity contribution in [3.8, 4) is 5.82 Å². The van der Waals surface area contributed by atoms with E-state index in [4.69, 9.17) is 4.98 Å². The van der Waals surface area contributed by atoms with Gasteiger partial charge in [-0.25, -0.2) is 4.98 Å². The molecule has 0 spiro atoms. The number of rotatable bonds is 5. The number of allylic oxidation sites excluding steroid dienone is 2. The highest BCUT2D eigenvalue weighted by Crippen LogP contribution is 2.45. The van der Waals surface area contributed by atoms with E-state index in [1.165, 1.54) is 130 Å². The van der Waals surface area contributed by atoms with Crippen LogP contribution in [0.15, 0.2) is 133 Å². The number of aromatic nitrogens is 5. The van der Waals surface area contributed by atoms with Crippen molar-refractivity contribution in [1.29, 1.82) is 0 Å². The number of hydrogen-bond acceptors (Lipinski definition) is 2. The average molecular weight is 731 g/mol. The molecular weight excluding hydrogens is 685 g/mol. The third-order valence-corrected chi connectivity index (χ3v) is 13.3. The van der Waals surface area contributed by atoms with Gasteiger partial charge in [-0.3, -0.25) is 9.13 Å². The van der Waals surface area contributed by atoms with Crippen LogP contribution < -0.4 is 5.32 Å². The summed E-state index contributed by atoms with van der Waals surface area (Å²) in [5.74, 6) is 2.03. The largest absolute Gasteiger partial charge is 0.359 e. The highest BCUT2D eigenvalue weighted by Gasteiger charge is 2.29. The predicted octanol–water partition coefficient (Wildman–Crippen LogP) is 12.9. The van der Waals surface area contributed by atoms with Gasteiger partial charge in [-0.1, -0.05) is 130 Å². The Bertz CT molecular complexity index is 3030. The number of hydrogen-bond donors (Lipinski definition) is 1. The van der Waals surface area contributed by atoms with Crippen LogP contribution in [0.4, 0.5) is 0 Å². The summed E-state index contributed by atoms with van der Waals surface area (Å²) in [4.78, 5) is 5.52. The Balaban J connectivity index is 0.998. The first-order chi connectivity index (χ1) is 27.8. The summed E-state index contributed by atoms with van der Waals surface area (Å²) < 4.78 is 10.3. The molecule has 1 unspecified atom stereocenters. The maximum absolute atomic E-state index is 5.52. The third-order valence-electron chi connectivity index (χ3n) is 13.3. The lowest BCUT2D eigenvalue weighted by Gasteiger charge is -2.25. The number of para-hydroxylation sites is 4. The fourth-order valence-electron chi connectivity index (χ4n) is 10.9. The highest BCUT2D eigenvalue weighted by atomic mass is 15.2. The first-order valence-electron chi connectivity index (χ1n) is 21.0. The predicted molar refractivity (Wildman–Crippen MR) is 233 cm³/mol. The van der Waals surface area contributed by atoms with Gasteiger partial charge in [0.2, 0.25) is 0 Å². The van der Waals surface area contributed by atoms with E-state index in [-0.39, 0.29) is 6.04 Å². The van der Waals surface area contributed by atoms with Gasteiger partial charge in [0.15, 0.2) is 0 Å². The number of benzene rings is 4. The lowest BCUT2D eigenvalue weighted by molar-refractivity contribution is 0.367. The van der Waals surface area contributed by atoms with Crippen LogP contribution in [0.1, 0.15) is 88.0 Å². The molecule has 1 atom stereocenters. The second kappa shape index (κ2) is 12.8. The van der Waals surface area contributed by atoms with Crippen LogP contribution in [0.5, 0.6) is 0 Å². The lowest BCUT2D eigenvalue weighted by Crippen LogP contribution is -2.24. The Morgan fingerprint density at radius 2 is 0.946 bits per heavy atom. The minimum absolute atomic E-state index is 0.0984. The second-order valence-corrected chi connectivity index (χ2v) is 16.4. The van der Waals surface area contributed by atoms with Crippen LogP contribution >= 0.6 is 0 Å². The first kappa shape index (κ1) is 32.3. The molecule has 2 aliphatic carbocycles. The van der Waals surface area contributed by atoms with E-state index in [0.717, 1.165) is 17.3 Å². The molecule has 4 aromatic carbocycles. The van der Waals surface area contributed by atoms with E-state index in [2.05, 4.69) is 157 Å². The number of nitrogens with zero attached hydrogens (tertiary/aromatic N) is 5. The number of pyridine rings is 1. The van der Waals surface area contributed by atoms with Crippen molar-refractivity contribution in [2.75, 3.05) is 0 Å². The van der Waals surface area contributed by atoms with Gasteiger partial charge in [0.1, 0.15) is 11.6 Å². The molecular formula is C50H46N6. The van der Waals surface area contributed by atoms with E-state index >= 15 is 0 Å². The molecule has 0 saturated heterocycles. The fraction of sp³-hybridized carbons (Fsp3) is 0.260. The Morgan fingerprint density at radius 3 is 1.52 bits per heavy atom. The molecule has 6 nitrogen and oxygen atoms in total. The van der Waals surface area contributed by atoms with Crippen LogP contribution in [-0.2, 0) is 0 Å². The molecule has 9 aromatic rings. The van der Waals surface area contributed by atoms with Crippen LogP contribution in [0.3, 0.4) is 0 Å². The quantitative estimate of drug-likeness (QED) is 0.192. The summed E-state index contributed by atoms with van der Waals surface area (Å²) in [7, 11) is 0. The second-order valence-electron chi connectivity index (χ2n) is 16.4. The van der Waals surface area contributed by atoms with Crippen molar-refractivity contribution in [3.63, 3.8) is 0 Å². The number of dihydropyridines is 1. The maximum atomic E-state index is 5.52. The van der Waals surface area contributed by atoms with Crippen LogP contribution in [0.25, 0.3) is 77.3 Å². The molecule has 56 heavy (non-hydrogen) atoms. The summed E-state index contributed by atoms with van der Waals surface area (Å²) >= 11 is 0. The Hall–Kier alpha value is -6.01. The van der Waals surface area contributed by atoms with Crippen molar-refractivity contribution in [3.05, 3.63) is 139 Å². The molecule has 2 fully saturated rings. The van der Waals surface area contributed by atoms with Crippen LogP contribution in [0, 0.1) is 0 Å². The lowest BCUT2D eigenvalue weighted by atomic mass is 9.95. The SMILES string of the molecule is C1=CC(c2cccc(-n3c4ccccc4c4c3c3ccccc3n4C3CCCCC3)n2)NC(n2c3ccccc3c3c2c2ccccc2n3C2CCCCC2)=C1. The van der Waals surface area contributed by atoms with E-state index in [9.17, 15) is 0 Å². The smallest absolute Gasteiger partial charge is 0.138 e. The molecule has 1 N–H and O–H groups in total. The van der Waals surface area contributed by atoms with Gasteiger partial charge in [-0.15, -0.1) is 0 Å². The normalized spacial score (nSPS) is 18.6. The molecule has 5 aromatic heterocycles. The molecule has 3 aliphatic rings. The number of fused-ring (bicyclic) bond motifs is 10. The average Bonchev–Trinajstić information content (AvgIpc) is 3.99. The monoisotopic (exact) mass is 730 g/mol. The molecule has 0 bridgehead atoms. The summed E-state index contributed by atoms with van der Waals surface area (Å²) in [6, 6.07) is 43.5. The third kappa shape index (κ3) is 4.71. The maximum Gasteiger partial charge on any atom is 0.138 e. The van der Waals surface area contributed by atoms with Crippen molar-refractivity contribution in [1.82, 2.24) is 28.6 Å². The Labute approximate surface area is 326 Å². The van der Waals surface area contributed by atoms with Crippen molar-refractivity contribution >= 4 is 71.5 Å². The first-order valence-corrected chi connectivity index (χ1v) is 21.0. The molecule has 276 valence electrons. The topological polar surface area (TPSA) is 44.6 Å². The van der Waals surface area contributed by atoms with Gasteiger partial charge in [-0.05, 0) is 68.2 Å². The van der Waals surface area contributed by atoms with Crippen molar-refractivity contribution in [2.24, 2.45) is 0 Å². The van der Waals surface area contributed by atoms with Gasteiger partial charge in [0.05, 0.1) is 55.9 Å². The number of nitrogens with one attached hydrogen (secondary N) is 1. The van der Waals surface area contributed by atoms with E-state index in [1.807, 2.05) is 0 Å². The molecule has 1 aliphatic heterocycles. The summed E-state index contributed by atoms with van der Waals surface area (Å²) in [6.45, 7) is 0. The summed E-state index contributed by atoms with van der Waals surface area (Å²) in [6.07, 6.45) is 19.5. The van der Waals surface area contributed by atoms with Gasteiger partial charge in [0, 0.05) is 33.6 Å². The fourth-order valence-corrected chi connectivity index (χ4v) is 10.9. The van der Waals surface area contributed by atoms with E-state index in [0.29, 0.717) is 12.1 Å². The highest BCUT2D eigenvalue weighted by molar-refractivity contribution is 6.20. The summed E-state index contributed by atoms with van der Waals surface area (Å²) in [5.41, 5.74) is 11.4. The zero-order valence-electron chi connectivity index (χ0n) is 31.7. The standard InChI is InChI=1S/C50H46N6/c1-3-17-33(18-4-1)53-41-27-11-7-21-35(41)49-47(53)37-23-9-13-29-43(37)55(49)45-31-15-25-39(51-45)40-26-16-32-46(52-40)56-44-30-14-10-24-38(44)48-50(56)36-22-8-12-28-42(36)54(48)34-19-5-2-6-20-34/h7-16,21-34,39,51H,1-6,17-20H2. The van der Waals surface area contributed by atoms with Gasteiger partial charge in [0.25, 0.3) is 0 Å². The van der Waals surface area contributed by atoms with E-state index < -0.39 is 0 Å². The Morgan fingerprint density at radius 1 is 0.464 bits per heavy atom. The Kier molecular flexibility index (Phi) is 7.36. The molecule has 2 saturated carbocycles. The molecule has 0 radical (unpaired) electrons. The van der Waals surface area contributed by atoms with Gasteiger partial charge >= 0.3 is 0 Å². The molecule has 12 rings (SSSR count). The zero-order chi connectivity index (χ0) is 36.7.